The summed E-state index contributed by atoms with van der Waals surface area (Å²) >= 11 is 0. The number of ether oxygens (including phenoxy) is 1. The normalized spacial score (nSPS) is 11.4. The number of rotatable bonds is 22. The molecule has 0 aliphatic carbocycles. The molecule has 1 aromatic carbocycles. The van der Waals surface area contributed by atoms with Gasteiger partial charge in [0.25, 0.3) is 0 Å². The number of hydrogen-bond donors (Lipinski definition) is 0. The molecule has 0 aromatic heterocycles. The lowest BCUT2D eigenvalue weighted by atomic mass is 10.0. The van der Waals surface area contributed by atoms with Gasteiger partial charge in [0.15, 0.2) is 0 Å². The quantitative estimate of drug-likeness (QED) is 0.146. The minimum Gasteiger partial charge on any atom is -1.00 e. The highest BCUT2D eigenvalue weighted by Crippen LogP contribution is 2.18. The number of likely N-dealkylation sites (N-methyl/N-ethyl adjacent to an activating group) is 1. The van der Waals surface area contributed by atoms with E-state index < -0.39 is 0 Å². The molecule has 33 heavy (non-hydrogen) atoms. The summed E-state index contributed by atoms with van der Waals surface area (Å²) in [7, 11) is 4.70. The SMILES string of the molecule is CCCCCCCCCCCCCCCCCC[N+](C)(C)CCOc1ccccc1CC.[Cl-]. The third-order valence-corrected chi connectivity index (χ3v) is 6.92. The lowest BCUT2D eigenvalue weighted by molar-refractivity contribution is -0.890. The van der Waals surface area contributed by atoms with Crippen LogP contribution in [0.4, 0.5) is 0 Å². The lowest BCUT2D eigenvalue weighted by Crippen LogP contribution is -3.00. The Labute approximate surface area is 213 Å². The Kier molecular flexibility index (Phi) is 21.3. The molecule has 0 bridgehead atoms. The molecule has 0 radical (unpaired) electrons. The predicted molar refractivity (Wildman–Crippen MR) is 143 cm³/mol. The van der Waals surface area contributed by atoms with E-state index in [4.69, 9.17) is 4.74 Å². The van der Waals surface area contributed by atoms with Crippen molar-refractivity contribution in [2.45, 2.75) is 123 Å². The van der Waals surface area contributed by atoms with Crippen LogP contribution in [-0.2, 0) is 6.42 Å². The first kappa shape index (κ1) is 32.3. The number of benzene rings is 1. The second-order valence-corrected chi connectivity index (χ2v) is 10.5. The van der Waals surface area contributed by atoms with Crippen LogP contribution in [0.2, 0.25) is 0 Å². The average Bonchev–Trinajstić information content (AvgIpc) is 2.79. The van der Waals surface area contributed by atoms with Crippen LogP contribution in [-0.4, -0.2) is 38.3 Å². The molecule has 1 rings (SSSR count). The van der Waals surface area contributed by atoms with Crippen LogP contribution < -0.4 is 17.1 Å². The molecule has 3 heteroatoms. The van der Waals surface area contributed by atoms with Crippen molar-refractivity contribution in [2.75, 3.05) is 33.8 Å². The van der Waals surface area contributed by atoms with Crippen molar-refractivity contribution in [1.82, 2.24) is 0 Å². The van der Waals surface area contributed by atoms with E-state index in [1.54, 1.807) is 0 Å². The maximum absolute atomic E-state index is 6.08. The van der Waals surface area contributed by atoms with E-state index in [0.29, 0.717) is 0 Å². The van der Waals surface area contributed by atoms with E-state index >= 15 is 0 Å². The van der Waals surface area contributed by atoms with E-state index in [9.17, 15) is 0 Å². The number of aryl methyl sites for hydroxylation is 1. The third-order valence-electron chi connectivity index (χ3n) is 6.92. The first-order valence-corrected chi connectivity index (χ1v) is 14.1. The molecule has 0 saturated heterocycles. The van der Waals surface area contributed by atoms with Crippen LogP contribution in [0.15, 0.2) is 24.3 Å². The van der Waals surface area contributed by atoms with Gasteiger partial charge < -0.3 is 21.6 Å². The van der Waals surface area contributed by atoms with Crippen molar-refractivity contribution in [3.63, 3.8) is 0 Å². The lowest BCUT2D eigenvalue weighted by Gasteiger charge is -2.30. The highest BCUT2D eigenvalue weighted by molar-refractivity contribution is 5.33. The van der Waals surface area contributed by atoms with Crippen molar-refractivity contribution in [1.29, 1.82) is 0 Å². The molecular formula is C30H56ClNO. The Morgan fingerprint density at radius 3 is 1.55 bits per heavy atom. The standard InChI is InChI=1S/C30H56NO.ClH/c1-5-7-8-9-10-11-12-13-14-15-16-17-18-19-20-23-26-31(3,4)27-28-32-30-25-22-21-24-29(30)6-2;/h21-22,24-25H,5-20,23,26-28H2,1-4H3;1H/q+1;/p-1. The van der Waals surface area contributed by atoms with Crippen molar-refractivity contribution in [3.8, 4) is 5.75 Å². The van der Waals surface area contributed by atoms with E-state index in [1.807, 2.05) is 0 Å². The maximum Gasteiger partial charge on any atom is 0.137 e. The van der Waals surface area contributed by atoms with Crippen molar-refractivity contribution in [3.05, 3.63) is 29.8 Å². The van der Waals surface area contributed by atoms with Crippen molar-refractivity contribution >= 4 is 0 Å². The first-order chi connectivity index (χ1) is 15.6. The van der Waals surface area contributed by atoms with Gasteiger partial charge in [-0.25, -0.2) is 0 Å². The van der Waals surface area contributed by atoms with Crippen LogP contribution in [0.25, 0.3) is 0 Å². The van der Waals surface area contributed by atoms with Gasteiger partial charge in [0.1, 0.15) is 18.9 Å². The minimum atomic E-state index is 0. The summed E-state index contributed by atoms with van der Waals surface area (Å²) in [6.45, 7) is 7.64. The summed E-state index contributed by atoms with van der Waals surface area (Å²) in [4.78, 5) is 0. The Hall–Kier alpha value is -0.730. The predicted octanol–water partition coefficient (Wildman–Crippen LogP) is 5.97. The fourth-order valence-corrected chi connectivity index (χ4v) is 4.54. The molecule has 0 atom stereocenters. The van der Waals surface area contributed by atoms with Crippen molar-refractivity contribution in [2.24, 2.45) is 0 Å². The van der Waals surface area contributed by atoms with Gasteiger partial charge in [0.2, 0.25) is 0 Å². The fraction of sp³-hybridized carbons (Fsp3) is 0.800. The summed E-state index contributed by atoms with van der Waals surface area (Å²) in [5.41, 5.74) is 1.32. The van der Waals surface area contributed by atoms with E-state index in [-0.39, 0.29) is 12.4 Å². The van der Waals surface area contributed by atoms with Gasteiger partial charge in [-0.3, -0.25) is 0 Å². The number of nitrogens with zero attached hydrogens (tertiary/aromatic N) is 1. The second-order valence-electron chi connectivity index (χ2n) is 10.5. The summed E-state index contributed by atoms with van der Waals surface area (Å²) in [6, 6.07) is 8.45. The molecule has 0 saturated carbocycles. The zero-order valence-corrected chi connectivity index (χ0v) is 23.4. The van der Waals surface area contributed by atoms with Crippen LogP contribution in [0.5, 0.6) is 5.75 Å². The number of hydrogen-bond acceptors (Lipinski definition) is 1. The topological polar surface area (TPSA) is 9.23 Å². The smallest absolute Gasteiger partial charge is 0.137 e. The zero-order chi connectivity index (χ0) is 23.3. The molecule has 0 N–H and O–H groups in total. The first-order valence-electron chi connectivity index (χ1n) is 14.1. The summed E-state index contributed by atoms with van der Waals surface area (Å²) < 4.78 is 7.14. The van der Waals surface area contributed by atoms with Crippen LogP contribution in [0.1, 0.15) is 122 Å². The van der Waals surface area contributed by atoms with Crippen LogP contribution >= 0.6 is 0 Å². The summed E-state index contributed by atoms with van der Waals surface area (Å²) in [6.07, 6.45) is 24.0. The van der Waals surface area contributed by atoms with Crippen LogP contribution in [0, 0.1) is 0 Å². The van der Waals surface area contributed by atoms with E-state index in [2.05, 4.69) is 52.2 Å². The monoisotopic (exact) mass is 481 g/mol. The van der Waals surface area contributed by atoms with Gasteiger partial charge in [-0.15, -0.1) is 0 Å². The van der Waals surface area contributed by atoms with Gasteiger partial charge in [0, 0.05) is 0 Å². The van der Waals surface area contributed by atoms with Crippen LogP contribution in [0.3, 0.4) is 0 Å². The highest BCUT2D eigenvalue weighted by Gasteiger charge is 2.14. The van der Waals surface area contributed by atoms with E-state index in [1.165, 1.54) is 115 Å². The third kappa shape index (κ3) is 18.3. The maximum atomic E-state index is 6.08. The molecule has 0 amide bonds. The summed E-state index contributed by atoms with van der Waals surface area (Å²) in [5.74, 6) is 1.07. The van der Waals surface area contributed by atoms with Gasteiger partial charge in [-0.2, -0.15) is 0 Å². The Morgan fingerprint density at radius 2 is 1.06 bits per heavy atom. The van der Waals surface area contributed by atoms with E-state index in [0.717, 1.165) is 29.8 Å². The average molecular weight is 482 g/mol. The van der Waals surface area contributed by atoms with Gasteiger partial charge in [-0.1, -0.05) is 122 Å². The molecule has 0 unspecified atom stereocenters. The largest absolute Gasteiger partial charge is 1.00 e. The van der Waals surface area contributed by atoms with Gasteiger partial charge in [-0.05, 0) is 30.9 Å². The van der Waals surface area contributed by atoms with Crippen molar-refractivity contribution < 1.29 is 21.6 Å². The highest BCUT2D eigenvalue weighted by atomic mass is 35.5. The number of unbranched alkanes of at least 4 members (excludes halogenated alkanes) is 15. The Morgan fingerprint density at radius 1 is 0.606 bits per heavy atom. The zero-order valence-electron chi connectivity index (χ0n) is 22.7. The molecule has 0 aliphatic rings. The molecule has 194 valence electrons. The Bertz CT molecular complexity index is 546. The molecule has 0 spiro atoms. The number of para-hydroxylation sites is 1. The van der Waals surface area contributed by atoms with Gasteiger partial charge in [0.05, 0.1) is 20.6 Å². The summed E-state index contributed by atoms with van der Waals surface area (Å²) in [5, 5.41) is 0. The molecule has 0 heterocycles. The number of quaternary nitrogens is 1. The number of halogens is 1. The fourth-order valence-electron chi connectivity index (χ4n) is 4.54. The molecular weight excluding hydrogens is 426 g/mol. The van der Waals surface area contributed by atoms with Gasteiger partial charge >= 0.3 is 0 Å². The molecule has 2 nitrogen and oxygen atoms in total. The minimum absolute atomic E-state index is 0. The molecule has 0 aliphatic heterocycles. The molecule has 1 aromatic rings. The molecule has 0 fully saturated rings. The Balaban J connectivity index is 0.0000102. The second kappa shape index (κ2) is 21.8.